The number of hydrogen-bond donors (Lipinski definition) is 0. The number of halogens is 1. The van der Waals surface area contributed by atoms with Gasteiger partial charge in [0.05, 0.1) is 30.9 Å². The van der Waals surface area contributed by atoms with Gasteiger partial charge in [-0.15, -0.1) is 0 Å². The summed E-state index contributed by atoms with van der Waals surface area (Å²) in [6.07, 6.45) is 2.07. The average Bonchev–Trinajstić information content (AvgIpc) is 2.96. The molecule has 4 rings (SSSR count). The summed E-state index contributed by atoms with van der Waals surface area (Å²) in [7, 11) is 1.53. The molecule has 4 aromatic rings. The van der Waals surface area contributed by atoms with Crippen LogP contribution in [0.2, 0.25) is 0 Å². The number of para-hydroxylation sites is 1. The van der Waals surface area contributed by atoms with Crippen LogP contribution in [0.1, 0.15) is 41.8 Å². The molecule has 0 radical (unpaired) electrons. The summed E-state index contributed by atoms with van der Waals surface area (Å²) in [5.74, 6) is -0.174. The van der Waals surface area contributed by atoms with Gasteiger partial charge in [0.25, 0.3) is 5.91 Å². The second-order valence-corrected chi connectivity index (χ2v) is 10.1. The highest BCUT2D eigenvalue weighted by Gasteiger charge is 2.24. The quantitative estimate of drug-likeness (QED) is 0.244. The number of nitrogens with zero attached hydrogens (tertiary/aromatic N) is 2. The third-order valence-corrected chi connectivity index (χ3v) is 6.66. The largest absolute Gasteiger partial charge is 0.497 e. The molecule has 0 saturated heterocycles. The molecule has 1 aromatic heterocycles. The topological polar surface area (TPSA) is 80.1 Å². The van der Waals surface area contributed by atoms with Crippen LogP contribution in [0.3, 0.4) is 0 Å². The lowest BCUT2D eigenvalue weighted by atomic mass is 10.1. The molecule has 0 fully saturated rings. The Balaban J connectivity index is 1.64. The van der Waals surface area contributed by atoms with Crippen molar-refractivity contribution in [1.82, 2.24) is 9.80 Å². The molecule has 40 heavy (non-hydrogen) atoms. The molecule has 2 amide bonds. The van der Waals surface area contributed by atoms with Crippen LogP contribution in [0, 0.1) is 11.7 Å². The summed E-state index contributed by atoms with van der Waals surface area (Å²) in [5.41, 5.74) is 1.63. The fourth-order valence-electron chi connectivity index (χ4n) is 4.34. The summed E-state index contributed by atoms with van der Waals surface area (Å²) in [6.45, 7) is 4.38. The molecule has 0 atom stereocenters. The van der Waals surface area contributed by atoms with E-state index in [-0.39, 0.29) is 42.7 Å². The predicted molar refractivity (Wildman–Crippen MR) is 151 cm³/mol. The molecule has 1 heterocycles. The van der Waals surface area contributed by atoms with E-state index in [1.165, 1.54) is 35.3 Å². The summed E-state index contributed by atoms with van der Waals surface area (Å²) in [4.78, 5) is 43.6. The lowest BCUT2D eigenvalue weighted by Crippen LogP contribution is -2.43. The van der Waals surface area contributed by atoms with Gasteiger partial charge >= 0.3 is 0 Å². The Labute approximate surface area is 232 Å². The summed E-state index contributed by atoms with van der Waals surface area (Å²) in [5, 5.41) is 0.418. The number of benzene rings is 3. The molecular weight excluding hydrogens is 511 g/mol. The van der Waals surface area contributed by atoms with Crippen molar-refractivity contribution in [3.63, 3.8) is 0 Å². The first-order valence-corrected chi connectivity index (χ1v) is 13.2. The van der Waals surface area contributed by atoms with Crippen LogP contribution < -0.4 is 10.2 Å². The molecule has 0 spiro atoms. The first-order chi connectivity index (χ1) is 19.2. The highest BCUT2D eigenvalue weighted by Crippen LogP contribution is 2.18. The Morgan fingerprint density at radius 2 is 1.70 bits per heavy atom. The van der Waals surface area contributed by atoms with Crippen molar-refractivity contribution in [2.24, 2.45) is 5.92 Å². The molecular formula is C32H33FN2O5. The van der Waals surface area contributed by atoms with E-state index in [0.29, 0.717) is 52.3 Å². The normalized spacial score (nSPS) is 11.0. The highest BCUT2D eigenvalue weighted by molar-refractivity contribution is 5.96. The van der Waals surface area contributed by atoms with Crippen molar-refractivity contribution in [3.05, 3.63) is 112 Å². The Morgan fingerprint density at radius 3 is 2.42 bits per heavy atom. The van der Waals surface area contributed by atoms with Crippen molar-refractivity contribution in [2.75, 3.05) is 20.2 Å². The van der Waals surface area contributed by atoms with Gasteiger partial charge < -0.3 is 19.0 Å². The van der Waals surface area contributed by atoms with Gasteiger partial charge in [-0.1, -0.05) is 44.2 Å². The standard InChI is InChI=1S/C32H33FN2O5/c1-22(2)15-16-34(32(38)24-7-6-8-27(17-24)39-3)20-30(36)35(18-23-11-13-26(33)14-12-23)19-25-21-40-29-10-5-4-9-28(29)31(25)37/h4-14,17,21-22H,15-16,18-20H2,1-3H3. The van der Waals surface area contributed by atoms with Crippen molar-refractivity contribution in [2.45, 2.75) is 33.4 Å². The minimum Gasteiger partial charge on any atom is -0.497 e. The molecule has 8 heteroatoms. The van der Waals surface area contributed by atoms with Gasteiger partial charge in [-0.25, -0.2) is 4.39 Å². The zero-order chi connectivity index (χ0) is 28.6. The van der Waals surface area contributed by atoms with Gasteiger partial charge in [-0.2, -0.15) is 0 Å². The molecule has 0 aliphatic rings. The maximum atomic E-state index is 13.8. The smallest absolute Gasteiger partial charge is 0.254 e. The van der Waals surface area contributed by atoms with Gasteiger partial charge in [-0.3, -0.25) is 14.4 Å². The maximum Gasteiger partial charge on any atom is 0.254 e. The summed E-state index contributed by atoms with van der Waals surface area (Å²) in [6, 6.07) is 19.6. The van der Waals surface area contributed by atoms with E-state index in [4.69, 9.17) is 9.15 Å². The predicted octanol–water partition coefficient (Wildman–Crippen LogP) is 5.66. The van der Waals surface area contributed by atoms with Crippen molar-refractivity contribution >= 4 is 22.8 Å². The minimum absolute atomic E-state index is 0.0330. The lowest BCUT2D eigenvalue weighted by molar-refractivity contribution is -0.133. The van der Waals surface area contributed by atoms with Crippen LogP contribution in [-0.4, -0.2) is 41.8 Å². The Bertz CT molecular complexity index is 1530. The van der Waals surface area contributed by atoms with Crippen LogP contribution >= 0.6 is 0 Å². The summed E-state index contributed by atoms with van der Waals surface area (Å²) >= 11 is 0. The Kier molecular flexibility index (Phi) is 9.32. The molecule has 7 nitrogen and oxygen atoms in total. The number of amides is 2. The SMILES string of the molecule is COc1cccc(C(=O)N(CCC(C)C)CC(=O)N(Cc2ccc(F)cc2)Cc2coc3ccccc3c2=O)c1. The van der Waals surface area contributed by atoms with E-state index in [0.717, 1.165) is 0 Å². The highest BCUT2D eigenvalue weighted by atomic mass is 19.1. The first kappa shape index (κ1) is 28.5. The number of fused-ring (bicyclic) bond motifs is 1. The number of carbonyl (C=O) groups is 2. The zero-order valence-corrected chi connectivity index (χ0v) is 22.9. The van der Waals surface area contributed by atoms with Crippen LogP contribution in [-0.2, 0) is 17.9 Å². The third kappa shape index (κ3) is 7.14. The van der Waals surface area contributed by atoms with Gasteiger partial charge in [0.15, 0.2) is 5.43 Å². The van der Waals surface area contributed by atoms with Crippen molar-refractivity contribution in [3.8, 4) is 5.75 Å². The number of carbonyl (C=O) groups excluding carboxylic acids is 2. The van der Waals surface area contributed by atoms with Crippen molar-refractivity contribution < 1.29 is 23.1 Å². The van der Waals surface area contributed by atoms with Crippen LogP contribution in [0.15, 0.2) is 88.3 Å². The molecule has 0 aliphatic carbocycles. The molecule has 0 unspecified atom stereocenters. The maximum absolute atomic E-state index is 13.8. The van der Waals surface area contributed by atoms with Crippen LogP contribution in [0.5, 0.6) is 5.75 Å². The minimum atomic E-state index is -0.388. The van der Waals surface area contributed by atoms with Gasteiger partial charge in [0, 0.05) is 18.7 Å². The van der Waals surface area contributed by atoms with Crippen molar-refractivity contribution in [1.29, 1.82) is 0 Å². The Hall–Kier alpha value is -4.46. The molecule has 0 bridgehead atoms. The number of ether oxygens (including phenoxy) is 1. The molecule has 0 aliphatic heterocycles. The monoisotopic (exact) mass is 544 g/mol. The molecule has 208 valence electrons. The van der Waals surface area contributed by atoms with Gasteiger partial charge in [-0.05, 0) is 60.4 Å². The second kappa shape index (κ2) is 13.1. The van der Waals surface area contributed by atoms with E-state index >= 15 is 0 Å². The average molecular weight is 545 g/mol. The van der Waals surface area contributed by atoms with E-state index in [9.17, 15) is 18.8 Å². The van der Waals surface area contributed by atoms with Gasteiger partial charge in [0.1, 0.15) is 23.7 Å². The first-order valence-electron chi connectivity index (χ1n) is 13.2. The van der Waals surface area contributed by atoms with E-state index in [1.807, 2.05) is 0 Å². The fraction of sp³-hybridized carbons (Fsp3) is 0.281. The Morgan fingerprint density at radius 1 is 0.950 bits per heavy atom. The van der Waals surface area contributed by atoms with E-state index in [1.54, 1.807) is 60.7 Å². The molecule has 0 N–H and O–H groups in total. The van der Waals surface area contributed by atoms with Crippen LogP contribution in [0.25, 0.3) is 11.0 Å². The number of rotatable bonds is 11. The fourth-order valence-corrected chi connectivity index (χ4v) is 4.34. The van der Waals surface area contributed by atoms with Crippen LogP contribution in [0.4, 0.5) is 4.39 Å². The molecule has 0 saturated carbocycles. The number of methoxy groups -OCH3 is 1. The number of hydrogen-bond acceptors (Lipinski definition) is 5. The zero-order valence-electron chi connectivity index (χ0n) is 22.9. The lowest BCUT2D eigenvalue weighted by Gasteiger charge is -2.28. The van der Waals surface area contributed by atoms with Gasteiger partial charge in [0.2, 0.25) is 5.91 Å². The second-order valence-electron chi connectivity index (χ2n) is 10.1. The van der Waals surface area contributed by atoms with E-state index in [2.05, 4.69) is 13.8 Å². The summed E-state index contributed by atoms with van der Waals surface area (Å²) < 4.78 is 24.5. The third-order valence-electron chi connectivity index (χ3n) is 6.66. The molecule has 3 aromatic carbocycles. The van der Waals surface area contributed by atoms with E-state index < -0.39 is 0 Å².